The molecule has 0 aliphatic carbocycles. The molecule has 0 radical (unpaired) electrons. The van der Waals surface area contributed by atoms with Crippen molar-refractivity contribution in [2.75, 3.05) is 20.1 Å². The first-order valence-electron chi connectivity index (χ1n) is 8.94. The molecule has 4 heteroatoms. The quantitative estimate of drug-likeness (QED) is 0.743. The van der Waals surface area contributed by atoms with Crippen molar-refractivity contribution in [3.8, 4) is 0 Å². The van der Waals surface area contributed by atoms with Crippen molar-refractivity contribution in [1.82, 2.24) is 4.90 Å². The molecule has 0 amide bonds. The summed E-state index contributed by atoms with van der Waals surface area (Å²) in [5.41, 5.74) is 3.53. The van der Waals surface area contributed by atoms with Gasteiger partial charge in [0.2, 0.25) is 0 Å². The number of nitrogens with zero attached hydrogens (tertiary/aromatic N) is 1. The van der Waals surface area contributed by atoms with Crippen molar-refractivity contribution in [3.63, 3.8) is 0 Å². The lowest BCUT2D eigenvalue weighted by molar-refractivity contribution is 0.00578. The summed E-state index contributed by atoms with van der Waals surface area (Å²) < 4.78 is 12.3. The Kier molecular flexibility index (Phi) is 5.60. The molecule has 3 nitrogen and oxygen atoms in total. The van der Waals surface area contributed by atoms with Crippen LogP contribution in [0.2, 0.25) is 0 Å². The van der Waals surface area contributed by atoms with E-state index >= 15 is 0 Å². The van der Waals surface area contributed by atoms with E-state index in [1.54, 1.807) is 0 Å². The fraction of sp³-hybridized carbons (Fsp3) is 0.684. The van der Waals surface area contributed by atoms with E-state index in [-0.39, 0.29) is 18.3 Å². The van der Waals surface area contributed by atoms with E-state index < -0.39 is 0 Å². The Morgan fingerprint density at radius 1 is 0.913 bits per heavy atom. The smallest absolute Gasteiger partial charge is 0.399 e. The molecule has 23 heavy (non-hydrogen) atoms. The van der Waals surface area contributed by atoms with Crippen LogP contribution in [0.5, 0.6) is 0 Å². The van der Waals surface area contributed by atoms with Crippen molar-refractivity contribution in [3.05, 3.63) is 29.3 Å². The van der Waals surface area contributed by atoms with Gasteiger partial charge in [-0.25, -0.2) is 0 Å². The average Bonchev–Trinajstić information content (AvgIpc) is 2.64. The van der Waals surface area contributed by atoms with Gasteiger partial charge in [0.1, 0.15) is 0 Å². The Morgan fingerprint density at radius 3 is 2.00 bits per heavy atom. The number of likely N-dealkylation sites (N-methyl/N-ethyl adjacent to an activating group) is 1. The Balaban J connectivity index is 0.000000924. The molecule has 1 fully saturated rings. The predicted molar refractivity (Wildman–Crippen MR) is 98.4 cm³/mol. The molecule has 2 heterocycles. The maximum atomic E-state index is 6.16. The fourth-order valence-corrected chi connectivity index (χ4v) is 2.98. The highest BCUT2D eigenvalue weighted by molar-refractivity contribution is 6.62. The highest BCUT2D eigenvalue weighted by Crippen LogP contribution is 2.36. The van der Waals surface area contributed by atoms with E-state index in [0.29, 0.717) is 0 Å². The first-order valence-corrected chi connectivity index (χ1v) is 8.94. The number of fused-ring (bicyclic) bond motifs is 1. The fourth-order valence-electron chi connectivity index (χ4n) is 2.98. The molecule has 2 aliphatic heterocycles. The van der Waals surface area contributed by atoms with Gasteiger partial charge in [-0.2, -0.15) is 0 Å². The summed E-state index contributed by atoms with van der Waals surface area (Å²) in [6.07, 6.45) is 2.24. The van der Waals surface area contributed by atoms with Gasteiger partial charge in [0.05, 0.1) is 11.2 Å². The molecule has 0 atom stereocenters. The van der Waals surface area contributed by atoms with Gasteiger partial charge in [-0.3, -0.25) is 0 Å². The van der Waals surface area contributed by atoms with Crippen molar-refractivity contribution < 1.29 is 9.31 Å². The zero-order valence-corrected chi connectivity index (χ0v) is 15.9. The molecule has 1 aromatic rings. The van der Waals surface area contributed by atoms with Gasteiger partial charge in [-0.1, -0.05) is 32.0 Å². The summed E-state index contributed by atoms with van der Waals surface area (Å²) in [4.78, 5) is 2.40. The summed E-state index contributed by atoms with van der Waals surface area (Å²) >= 11 is 0. The molecule has 128 valence electrons. The Bertz CT molecular complexity index is 526. The van der Waals surface area contributed by atoms with Crippen LogP contribution < -0.4 is 5.46 Å². The predicted octanol–water partition coefficient (Wildman–Crippen LogP) is 3.04. The lowest BCUT2D eigenvalue weighted by Crippen LogP contribution is -2.41. The van der Waals surface area contributed by atoms with Crippen molar-refractivity contribution in [2.45, 2.75) is 65.6 Å². The van der Waals surface area contributed by atoms with Gasteiger partial charge in [-0.15, -0.1) is 0 Å². The molecule has 1 saturated heterocycles. The van der Waals surface area contributed by atoms with Crippen molar-refractivity contribution in [2.24, 2.45) is 0 Å². The first-order chi connectivity index (χ1) is 10.8. The SMILES string of the molecule is CC.CN1CCc2ccc(B3OC(C)(C)C(C)(C)O3)cc2CC1. The Hall–Kier alpha value is -0.835. The third kappa shape index (κ3) is 3.81. The number of hydrogen-bond donors (Lipinski definition) is 0. The maximum Gasteiger partial charge on any atom is 0.494 e. The molecule has 0 spiro atoms. The molecule has 2 aliphatic rings. The highest BCUT2D eigenvalue weighted by atomic mass is 16.7. The van der Waals surface area contributed by atoms with Gasteiger partial charge < -0.3 is 14.2 Å². The average molecular weight is 317 g/mol. The molecule has 0 bridgehead atoms. The third-order valence-electron chi connectivity index (χ3n) is 5.28. The van der Waals surface area contributed by atoms with Gasteiger partial charge in [0, 0.05) is 13.1 Å². The minimum absolute atomic E-state index is 0.249. The van der Waals surface area contributed by atoms with Crippen molar-refractivity contribution in [1.29, 1.82) is 0 Å². The maximum absolute atomic E-state index is 6.16. The normalized spacial score (nSPS) is 22.8. The molecular weight excluding hydrogens is 285 g/mol. The second kappa shape index (κ2) is 6.96. The molecule has 3 rings (SSSR count). The Morgan fingerprint density at radius 2 is 1.43 bits per heavy atom. The van der Waals surface area contributed by atoms with Crippen LogP contribution in [0.1, 0.15) is 52.7 Å². The lowest BCUT2D eigenvalue weighted by atomic mass is 9.77. The second-order valence-corrected chi connectivity index (χ2v) is 7.42. The molecule has 0 unspecified atom stereocenters. The van der Waals surface area contributed by atoms with E-state index in [0.717, 1.165) is 31.4 Å². The van der Waals surface area contributed by atoms with Gasteiger partial charge in [0.15, 0.2) is 0 Å². The third-order valence-corrected chi connectivity index (χ3v) is 5.28. The van der Waals surface area contributed by atoms with Crippen LogP contribution in [0, 0.1) is 0 Å². The summed E-state index contributed by atoms with van der Waals surface area (Å²) in [5, 5.41) is 0. The van der Waals surface area contributed by atoms with Crippen LogP contribution in [0.4, 0.5) is 0 Å². The zero-order chi connectivity index (χ0) is 17.3. The number of rotatable bonds is 1. The monoisotopic (exact) mass is 317 g/mol. The minimum Gasteiger partial charge on any atom is -0.399 e. The molecule has 0 aromatic heterocycles. The zero-order valence-electron chi connectivity index (χ0n) is 15.9. The first kappa shape index (κ1) is 18.5. The molecule has 1 aromatic carbocycles. The van der Waals surface area contributed by atoms with Crippen LogP contribution in [0.3, 0.4) is 0 Å². The molecular formula is C19H32BNO2. The van der Waals surface area contributed by atoms with Gasteiger partial charge >= 0.3 is 7.12 Å². The summed E-state index contributed by atoms with van der Waals surface area (Å²) in [7, 11) is 1.95. The van der Waals surface area contributed by atoms with Crippen LogP contribution in [0.15, 0.2) is 18.2 Å². The number of benzene rings is 1. The molecule has 0 saturated carbocycles. The van der Waals surface area contributed by atoms with E-state index in [1.165, 1.54) is 11.1 Å². The summed E-state index contributed by atoms with van der Waals surface area (Å²) in [6, 6.07) is 6.72. The van der Waals surface area contributed by atoms with Crippen molar-refractivity contribution >= 4 is 12.6 Å². The topological polar surface area (TPSA) is 21.7 Å². The van der Waals surface area contributed by atoms with E-state index in [4.69, 9.17) is 9.31 Å². The van der Waals surface area contributed by atoms with Gasteiger partial charge in [-0.05, 0) is 64.2 Å². The second-order valence-electron chi connectivity index (χ2n) is 7.42. The molecule has 0 N–H and O–H groups in total. The van der Waals surface area contributed by atoms with Crippen LogP contribution in [-0.2, 0) is 22.2 Å². The largest absolute Gasteiger partial charge is 0.494 e. The van der Waals surface area contributed by atoms with Gasteiger partial charge in [0.25, 0.3) is 0 Å². The van der Waals surface area contributed by atoms with E-state index in [1.807, 2.05) is 13.8 Å². The summed E-state index contributed by atoms with van der Waals surface area (Å²) in [6.45, 7) is 14.7. The van der Waals surface area contributed by atoms with Crippen LogP contribution in [-0.4, -0.2) is 43.4 Å². The Labute approximate surface area is 142 Å². The minimum atomic E-state index is -0.273. The highest BCUT2D eigenvalue weighted by Gasteiger charge is 2.51. The van der Waals surface area contributed by atoms with E-state index in [9.17, 15) is 0 Å². The lowest BCUT2D eigenvalue weighted by Gasteiger charge is -2.32. The summed E-state index contributed by atoms with van der Waals surface area (Å²) in [5.74, 6) is 0. The van der Waals surface area contributed by atoms with Crippen LogP contribution >= 0.6 is 0 Å². The van der Waals surface area contributed by atoms with Crippen LogP contribution in [0.25, 0.3) is 0 Å². The number of hydrogen-bond acceptors (Lipinski definition) is 3. The standard InChI is InChI=1S/C17H26BNO2.C2H6/c1-16(2)17(3,4)21-18(20-16)15-7-6-13-8-10-19(5)11-9-14(13)12-15;1-2/h6-7,12H,8-11H2,1-5H3;1-2H3. The van der Waals surface area contributed by atoms with E-state index in [2.05, 4.69) is 57.8 Å².